The van der Waals surface area contributed by atoms with Gasteiger partial charge in [-0.15, -0.1) is 0 Å². The highest BCUT2D eigenvalue weighted by molar-refractivity contribution is 6.31. The third kappa shape index (κ3) is 3.72. The van der Waals surface area contributed by atoms with Gasteiger partial charge >= 0.3 is 5.97 Å². The van der Waals surface area contributed by atoms with Crippen LogP contribution in [0.15, 0.2) is 24.3 Å². The second-order valence-corrected chi connectivity index (χ2v) is 5.80. The molecule has 0 aliphatic carbocycles. The van der Waals surface area contributed by atoms with Crippen molar-refractivity contribution in [3.05, 3.63) is 34.9 Å². The minimum atomic E-state index is -0.830. The molecule has 1 rings (SSSR count). The Morgan fingerprint density at radius 1 is 1.39 bits per heavy atom. The van der Waals surface area contributed by atoms with Crippen molar-refractivity contribution in [1.29, 1.82) is 0 Å². The third-order valence-electron chi connectivity index (χ3n) is 2.99. The van der Waals surface area contributed by atoms with E-state index in [1.807, 2.05) is 56.9 Å². The number of rotatable bonds is 4. The van der Waals surface area contributed by atoms with Gasteiger partial charge in [0.15, 0.2) is 0 Å². The van der Waals surface area contributed by atoms with Crippen LogP contribution in [0.1, 0.15) is 39.3 Å². The summed E-state index contributed by atoms with van der Waals surface area (Å²) in [7, 11) is 0. The molecule has 0 aliphatic heterocycles. The monoisotopic (exact) mass is 269 g/mol. The molecule has 18 heavy (non-hydrogen) atoms. The molecular weight excluding hydrogens is 250 g/mol. The number of halogens is 1. The molecule has 1 atom stereocenters. The Hall–Kier alpha value is -1.06. The van der Waals surface area contributed by atoms with Crippen LogP contribution in [-0.2, 0) is 4.79 Å². The van der Waals surface area contributed by atoms with Crippen LogP contribution in [0.4, 0.5) is 0 Å². The minimum Gasteiger partial charge on any atom is -0.480 e. The fraction of sp³-hybridized carbons (Fsp3) is 0.500. The highest BCUT2D eigenvalue weighted by atomic mass is 35.5. The third-order valence-corrected chi connectivity index (χ3v) is 3.33. The number of carboxylic acids is 1. The summed E-state index contributed by atoms with van der Waals surface area (Å²) in [5.41, 5.74) is 0.715. The van der Waals surface area contributed by atoms with Crippen molar-refractivity contribution in [3.8, 4) is 0 Å². The molecule has 0 aliphatic rings. The first-order valence-electron chi connectivity index (χ1n) is 5.96. The molecule has 0 aromatic heterocycles. The van der Waals surface area contributed by atoms with E-state index < -0.39 is 5.97 Å². The first-order chi connectivity index (χ1) is 8.23. The smallest absolute Gasteiger partial charge is 0.317 e. The van der Waals surface area contributed by atoms with Crippen molar-refractivity contribution < 1.29 is 9.90 Å². The van der Waals surface area contributed by atoms with Gasteiger partial charge in [0.25, 0.3) is 0 Å². The molecule has 0 radical (unpaired) electrons. The molecule has 100 valence electrons. The lowest BCUT2D eigenvalue weighted by Crippen LogP contribution is -2.45. The Morgan fingerprint density at radius 2 is 1.94 bits per heavy atom. The maximum absolute atomic E-state index is 11.0. The SMILES string of the molecule is CC(c1ccccc1Cl)N(CC(=O)O)C(C)(C)C. The first kappa shape index (κ1) is 15.0. The average molecular weight is 270 g/mol. The van der Waals surface area contributed by atoms with Crippen LogP contribution in [0.3, 0.4) is 0 Å². The van der Waals surface area contributed by atoms with Gasteiger partial charge < -0.3 is 5.11 Å². The zero-order valence-electron chi connectivity index (χ0n) is 11.3. The van der Waals surface area contributed by atoms with Gasteiger partial charge in [0.2, 0.25) is 0 Å². The summed E-state index contributed by atoms with van der Waals surface area (Å²) in [4.78, 5) is 12.9. The van der Waals surface area contributed by atoms with Crippen LogP contribution >= 0.6 is 11.6 Å². The lowest BCUT2D eigenvalue weighted by Gasteiger charge is -2.39. The molecule has 1 aromatic rings. The van der Waals surface area contributed by atoms with Crippen LogP contribution < -0.4 is 0 Å². The maximum Gasteiger partial charge on any atom is 0.317 e. The van der Waals surface area contributed by atoms with Gasteiger partial charge in [-0.1, -0.05) is 29.8 Å². The highest BCUT2D eigenvalue weighted by Gasteiger charge is 2.29. The van der Waals surface area contributed by atoms with Crippen molar-refractivity contribution in [1.82, 2.24) is 4.90 Å². The molecule has 3 nitrogen and oxygen atoms in total. The molecule has 1 aromatic carbocycles. The molecule has 0 saturated carbocycles. The topological polar surface area (TPSA) is 40.5 Å². The number of benzene rings is 1. The molecule has 0 bridgehead atoms. The Kier molecular flexibility index (Phi) is 4.77. The summed E-state index contributed by atoms with van der Waals surface area (Å²) < 4.78 is 0. The summed E-state index contributed by atoms with van der Waals surface area (Å²) >= 11 is 6.18. The van der Waals surface area contributed by atoms with E-state index in [2.05, 4.69) is 0 Å². The van der Waals surface area contributed by atoms with Crippen molar-refractivity contribution >= 4 is 17.6 Å². The molecule has 0 heterocycles. The van der Waals surface area contributed by atoms with Crippen molar-refractivity contribution in [3.63, 3.8) is 0 Å². The van der Waals surface area contributed by atoms with Crippen molar-refractivity contribution in [2.75, 3.05) is 6.54 Å². The predicted molar refractivity (Wildman–Crippen MR) is 74.0 cm³/mol. The summed E-state index contributed by atoms with van der Waals surface area (Å²) in [5.74, 6) is -0.830. The predicted octanol–water partition coefficient (Wildman–Crippen LogP) is 3.59. The van der Waals surface area contributed by atoms with E-state index in [1.54, 1.807) is 0 Å². The molecule has 0 spiro atoms. The van der Waals surface area contributed by atoms with Crippen LogP contribution in [-0.4, -0.2) is 28.1 Å². The lowest BCUT2D eigenvalue weighted by molar-refractivity contribution is -0.140. The first-order valence-corrected chi connectivity index (χ1v) is 6.34. The number of nitrogens with zero attached hydrogens (tertiary/aromatic N) is 1. The Bertz CT molecular complexity index is 426. The van der Waals surface area contributed by atoms with E-state index >= 15 is 0 Å². The molecule has 0 fully saturated rings. The van der Waals surface area contributed by atoms with E-state index in [-0.39, 0.29) is 18.1 Å². The average Bonchev–Trinajstić information content (AvgIpc) is 2.24. The van der Waals surface area contributed by atoms with Crippen LogP contribution in [0, 0.1) is 0 Å². The lowest BCUT2D eigenvalue weighted by atomic mass is 9.99. The van der Waals surface area contributed by atoms with Gasteiger partial charge in [-0.3, -0.25) is 9.69 Å². The Labute approximate surface area is 113 Å². The summed E-state index contributed by atoms with van der Waals surface area (Å²) in [6.45, 7) is 7.99. The van der Waals surface area contributed by atoms with E-state index in [0.717, 1.165) is 5.56 Å². The standard InChI is InChI=1S/C14H20ClNO2/c1-10(11-7-5-6-8-12(11)15)16(9-13(17)18)14(2,3)4/h5-8,10H,9H2,1-4H3,(H,17,18). The normalized spacial score (nSPS) is 13.7. The fourth-order valence-electron chi connectivity index (χ4n) is 2.08. The molecular formula is C14H20ClNO2. The van der Waals surface area contributed by atoms with Crippen molar-refractivity contribution in [2.45, 2.75) is 39.3 Å². The number of hydrogen-bond acceptors (Lipinski definition) is 2. The molecule has 0 saturated heterocycles. The summed E-state index contributed by atoms with van der Waals surface area (Å²) in [6.07, 6.45) is 0. The fourth-order valence-corrected chi connectivity index (χ4v) is 2.38. The molecule has 4 heteroatoms. The van der Waals surface area contributed by atoms with Gasteiger partial charge in [0, 0.05) is 16.6 Å². The number of carboxylic acid groups (broad SMARTS) is 1. The van der Waals surface area contributed by atoms with Gasteiger partial charge in [-0.05, 0) is 39.3 Å². The van der Waals surface area contributed by atoms with E-state index in [1.165, 1.54) is 0 Å². The van der Waals surface area contributed by atoms with Gasteiger partial charge in [0.05, 0.1) is 6.54 Å². The largest absolute Gasteiger partial charge is 0.480 e. The quantitative estimate of drug-likeness (QED) is 0.908. The van der Waals surface area contributed by atoms with Crippen LogP contribution in [0.2, 0.25) is 5.02 Å². The zero-order chi connectivity index (χ0) is 13.9. The van der Waals surface area contributed by atoms with Gasteiger partial charge in [0.1, 0.15) is 0 Å². The number of carbonyl (C=O) groups is 1. The molecule has 1 unspecified atom stereocenters. The molecule has 0 amide bonds. The van der Waals surface area contributed by atoms with Gasteiger partial charge in [-0.2, -0.15) is 0 Å². The van der Waals surface area contributed by atoms with Crippen molar-refractivity contribution in [2.24, 2.45) is 0 Å². The number of aliphatic carboxylic acids is 1. The van der Waals surface area contributed by atoms with Gasteiger partial charge in [-0.25, -0.2) is 0 Å². The Balaban J connectivity index is 3.07. The minimum absolute atomic E-state index is 0.00408. The van der Waals surface area contributed by atoms with E-state index in [9.17, 15) is 4.79 Å². The molecule has 1 N–H and O–H groups in total. The zero-order valence-corrected chi connectivity index (χ0v) is 12.0. The second kappa shape index (κ2) is 5.72. The Morgan fingerprint density at radius 3 is 2.39 bits per heavy atom. The van der Waals surface area contributed by atoms with E-state index in [4.69, 9.17) is 16.7 Å². The van der Waals surface area contributed by atoms with Crippen LogP contribution in [0.25, 0.3) is 0 Å². The highest BCUT2D eigenvalue weighted by Crippen LogP contribution is 2.31. The summed E-state index contributed by atoms with van der Waals surface area (Å²) in [5, 5.41) is 9.71. The van der Waals surface area contributed by atoms with E-state index in [0.29, 0.717) is 5.02 Å². The second-order valence-electron chi connectivity index (χ2n) is 5.39. The summed E-state index contributed by atoms with van der Waals surface area (Å²) in [6, 6.07) is 7.51. The number of hydrogen-bond donors (Lipinski definition) is 1. The maximum atomic E-state index is 11.0. The van der Waals surface area contributed by atoms with Crippen LogP contribution in [0.5, 0.6) is 0 Å².